The van der Waals surface area contributed by atoms with E-state index in [1.54, 1.807) is 10.9 Å². The number of rotatable bonds is 4. The highest BCUT2D eigenvalue weighted by atomic mass is 16.2. The van der Waals surface area contributed by atoms with E-state index in [9.17, 15) is 4.79 Å². The standard InChI is InChI=1S/C20H27N5O/c1-23-13-8-17(9-14-23)24-11-3-7-19(24)20(26)22-16-5-2-6-18(15-16)25-12-4-10-21-25/h2,4-6,10,12,15,17,19H,3,7-9,11,13-14H2,1H3,(H,22,26). The van der Waals surface area contributed by atoms with Gasteiger partial charge in [0.15, 0.2) is 0 Å². The lowest BCUT2D eigenvalue weighted by Crippen LogP contribution is -2.49. The summed E-state index contributed by atoms with van der Waals surface area (Å²) in [6.07, 6.45) is 8.04. The van der Waals surface area contributed by atoms with E-state index in [1.165, 1.54) is 0 Å². The van der Waals surface area contributed by atoms with E-state index in [0.717, 1.165) is 56.7 Å². The fourth-order valence-corrected chi connectivity index (χ4v) is 4.21. The molecule has 2 aliphatic rings. The quantitative estimate of drug-likeness (QED) is 0.917. The minimum atomic E-state index is -0.00299. The van der Waals surface area contributed by atoms with Gasteiger partial charge in [-0.05, 0) is 76.6 Å². The Hall–Kier alpha value is -2.18. The van der Waals surface area contributed by atoms with Gasteiger partial charge in [-0.25, -0.2) is 4.68 Å². The molecule has 138 valence electrons. The van der Waals surface area contributed by atoms with Crippen LogP contribution in [0.3, 0.4) is 0 Å². The fraction of sp³-hybridized carbons (Fsp3) is 0.500. The normalized spacial score (nSPS) is 22.6. The van der Waals surface area contributed by atoms with Crippen LogP contribution in [0.1, 0.15) is 25.7 Å². The first kappa shape index (κ1) is 17.2. The lowest BCUT2D eigenvalue weighted by atomic mass is 10.0. The molecule has 26 heavy (non-hydrogen) atoms. The minimum absolute atomic E-state index is 0.00299. The number of likely N-dealkylation sites (tertiary alicyclic amines) is 2. The monoisotopic (exact) mass is 353 g/mol. The highest BCUT2D eigenvalue weighted by Gasteiger charge is 2.36. The van der Waals surface area contributed by atoms with Crippen LogP contribution < -0.4 is 5.32 Å². The first-order chi connectivity index (χ1) is 12.7. The van der Waals surface area contributed by atoms with Crippen molar-refractivity contribution in [3.63, 3.8) is 0 Å². The van der Waals surface area contributed by atoms with Gasteiger partial charge in [-0.2, -0.15) is 5.10 Å². The van der Waals surface area contributed by atoms with Crippen molar-refractivity contribution in [1.82, 2.24) is 19.6 Å². The second-order valence-corrected chi connectivity index (χ2v) is 7.42. The summed E-state index contributed by atoms with van der Waals surface area (Å²) < 4.78 is 1.80. The van der Waals surface area contributed by atoms with E-state index < -0.39 is 0 Å². The number of anilines is 1. The van der Waals surface area contributed by atoms with Crippen molar-refractivity contribution in [2.24, 2.45) is 0 Å². The third kappa shape index (κ3) is 3.66. The number of benzene rings is 1. The van der Waals surface area contributed by atoms with Crippen LogP contribution in [0.5, 0.6) is 0 Å². The van der Waals surface area contributed by atoms with Crippen LogP contribution in [0.25, 0.3) is 5.69 Å². The Labute approximate surface area is 154 Å². The highest BCUT2D eigenvalue weighted by molar-refractivity contribution is 5.95. The molecule has 2 aliphatic heterocycles. The molecule has 0 bridgehead atoms. The van der Waals surface area contributed by atoms with Crippen molar-refractivity contribution in [2.45, 2.75) is 37.8 Å². The average Bonchev–Trinajstić information content (AvgIpc) is 3.35. The summed E-state index contributed by atoms with van der Waals surface area (Å²) >= 11 is 0. The molecule has 1 aromatic heterocycles. The largest absolute Gasteiger partial charge is 0.325 e. The Bertz CT molecular complexity index is 736. The summed E-state index contributed by atoms with van der Waals surface area (Å²) in [5.41, 5.74) is 1.78. The molecule has 2 fully saturated rings. The van der Waals surface area contributed by atoms with Gasteiger partial charge in [0, 0.05) is 24.1 Å². The van der Waals surface area contributed by atoms with E-state index in [1.807, 2.05) is 36.5 Å². The van der Waals surface area contributed by atoms with Crippen LogP contribution in [0.2, 0.25) is 0 Å². The summed E-state index contributed by atoms with van der Waals surface area (Å²) in [4.78, 5) is 17.8. The molecule has 1 N–H and O–H groups in total. The van der Waals surface area contributed by atoms with Gasteiger partial charge in [0.2, 0.25) is 5.91 Å². The Kier molecular flexibility index (Phi) is 5.04. The zero-order chi connectivity index (χ0) is 17.9. The summed E-state index contributed by atoms with van der Waals surface area (Å²) in [6, 6.07) is 10.3. The number of piperidine rings is 1. The van der Waals surface area contributed by atoms with Gasteiger partial charge in [0.05, 0.1) is 11.7 Å². The van der Waals surface area contributed by atoms with Gasteiger partial charge in [-0.3, -0.25) is 9.69 Å². The van der Waals surface area contributed by atoms with Crippen LogP contribution in [0.15, 0.2) is 42.7 Å². The molecule has 4 rings (SSSR count). The number of carbonyl (C=O) groups is 1. The van der Waals surface area contributed by atoms with Gasteiger partial charge in [-0.15, -0.1) is 0 Å². The summed E-state index contributed by atoms with van der Waals surface area (Å²) in [5, 5.41) is 7.39. The maximum absolute atomic E-state index is 12.9. The SMILES string of the molecule is CN1CCC(N2CCCC2C(=O)Nc2cccc(-n3cccn3)c2)CC1. The summed E-state index contributed by atoms with van der Waals surface area (Å²) in [7, 11) is 2.18. The molecule has 6 heteroatoms. The van der Waals surface area contributed by atoms with Crippen molar-refractivity contribution < 1.29 is 4.79 Å². The number of nitrogens with one attached hydrogen (secondary N) is 1. The topological polar surface area (TPSA) is 53.4 Å². The maximum Gasteiger partial charge on any atom is 0.241 e. The van der Waals surface area contributed by atoms with Gasteiger partial charge >= 0.3 is 0 Å². The molecular formula is C20H27N5O. The first-order valence-electron chi connectivity index (χ1n) is 9.56. The van der Waals surface area contributed by atoms with E-state index in [-0.39, 0.29) is 11.9 Å². The van der Waals surface area contributed by atoms with E-state index >= 15 is 0 Å². The second kappa shape index (κ2) is 7.60. The third-order valence-electron chi connectivity index (χ3n) is 5.64. The molecule has 1 atom stereocenters. The molecule has 6 nitrogen and oxygen atoms in total. The number of aromatic nitrogens is 2. The molecule has 2 saturated heterocycles. The number of nitrogens with zero attached hydrogens (tertiary/aromatic N) is 4. The van der Waals surface area contributed by atoms with Gasteiger partial charge < -0.3 is 10.2 Å². The Morgan fingerprint density at radius 3 is 2.77 bits per heavy atom. The smallest absolute Gasteiger partial charge is 0.241 e. The molecule has 1 aromatic carbocycles. The Balaban J connectivity index is 1.43. The molecule has 0 spiro atoms. The van der Waals surface area contributed by atoms with E-state index in [2.05, 4.69) is 27.3 Å². The number of amides is 1. The molecule has 1 amide bonds. The highest BCUT2D eigenvalue weighted by Crippen LogP contribution is 2.27. The number of hydrogen-bond acceptors (Lipinski definition) is 4. The van der Waals surface area contributed by atoms with Crippen LogP contribution in [0.4, 0.5) is 5.69 Å². The summed E-state index contributed by atoms with van der Waals surface area (Å²) in [5.74, 6) is 0.124. The first-order valence-corrected chi connectivity index (χ1v) is 9.56. The molecule has 1 unspecified atom stereocenters. The third-order valence-corrected chi connectivity index (χ3v) is 5.64. The van der Waals surface area contributed by atoms with E-state index in [0.29, 0.717) is 6.04 Å². The van der Waals surface area contributed by atoms with Crippen molar-refractivity contribution in [1.29, 1.82) is 0 Å². The number of hydrogen-bond donors (Lipinski definition) is 1. The maximum atomic E-state index is 12.9. The molecule has 0 saturated carbocycles. The van der Waals surface area contributed by atoms with Crippen molar-refractivity contribution in [2.75, 3.05) is 32.0 Å². The fourth-order valence-electron chi connectivity index (χ4n) is 4.21. The molecule has 3 heterocycles. The van der Waals surface area contributed by atoms with Gasteiger partial charge in [0.25, 0.3) is 0 Å². The molecule has 2 aromatic rings. The van der Waals surface area contributed by atoms with Crippen molar-refractivity contribution in [3.8, 4) is 5.69 Å². The zero-order valence-corrected chi connectivity index (χ0v) is 15.3. The molecule has 0 aliphatic carbocycles. The molecule has 0 radical (unpaired) electrons. The van der Waals surface area contributed by atoms with Crippen LogP contribution >= 0.6 is 0 Å². The Morgan fingerprint density at radius 1 is 1.15 bits per heavy atom. The van der Waals surface area contributed by atoms with Crippen LogP contribution in [0, 0.1) is 0 Å². The average molecular weight is 353 g/mol. The lowest BCUT2D eigenvalue weighted by Gasteiger charge is -2.37. The lowest BCUT2D eigenvalue weighted by molar-refractivity contribution is -0.121. The number of carbonyl (C=O) groups excluding carboxylic acids is 1. The predicted molar refractivity (Wildman–Crippen MR) is 102 cm³/mol. The van der Waals surface area contributed by atoms with Crippen LogP contribution in [-0.2, 0) is 4.79 Å². The second-order valence-electron chi connectivity index (χ2n) is 7.42. The van der Waals surface area contributed by atoms with Crippen molar-refractivity contribution >= 4 is 11.6 Å². The minimum Gasteiger partial charge on any atom is -0.325 e. The van der Waals surface area contributed by atoms with Crippen molar-refractivity contribution in [3.05, 3.63) is 42.7 Å². The summed E-state index contributed by atoms with van der Waals surface area (Å²) in [6.45, 7) is 3.29. The van der Waals surface area contributed by atoms with Crippen LogP contribution in [-0.4, -0.2) is 64.3 Å². The zero-order valence-electron chi connectivity index (χ0n) is 15.3. The molecular weight excluding hydrogens is 326 g/mol. The van der Waals surface area contributed by atoms with Gasteiger partial charge in [0.1, 0.15) is 0 Å². The van der Waals surface area contributed by atoms with E-state index in [4.69, 9.17) is 0 Å². The Morgan fingerprint density at radius 2 is 2.00 bits per heavy atom. The van der Waals surface area contributed by atoms with Gasteiger partial charge in [-0.1, -0.05) is 6.07 Å². The predicted octanol–water partition coefficient (Wildman–Crippen LogP) is 2.37.